The van der Waals surface area contributed by atoms with Crippen LogP contribution in [0.2, 0.25) is 0 Å². The van der Waals surface area contributed by atoms with Gasteiger partial charge >= 0.3 is 0 Å². The Kier molecular flexibility index (Phi) is 3.44. The molecule has 2 rings (SSSR count). The number of benzene rings is 2. The first-order valence-corrected chi connectivity index (χ1v) is 7.01. The zero-order valence-electron chi connectivity index (χ0n) is 10.2. The molecular weight excluding hydrogens is 267 g/mol. The fourth-order valence-electron chi connectivity index (χ4n) is 1.55. The molecule has 4 nitrogen and oxygen atoms in total. The van der Waals surface area contributed by atoms with Gasteiger partial charge in [-0.1, -0.05) is 12.1 Å². The molecule has 0 amide bonds. The summed E-state index contributed by atoms with van der Waals surface area (Å²) in [5, 5.41) is 0. The van der Waals surface area contributed by atoms with Gasteiger partial charge in [-0.2, -0.15) is 0 Å². The molecule has 0 unspecified atom stereocenters. The van der Waals surface area contributed by atoms with E-state index in [0.717, 1.165) is 6.07 Å². The summed E-state index contributed by atoms with van der Waals surface area (Å²) in [6.45, 7) is 1.60. The third-order valence-electron chi connectivity index (χ3n) is 2.59. The summed E-state index contributed by atoms with van der Waals surface area (Å²) in [4.78, 5) is 0.0356. The van der Waals surface area contributed by atoms with E-state index in [9.17, 15) is 12.8 Å². The molecular formula is C13H13FN2O2S. The number of rotatable bonds is 3. The Labute approximate surface area is 111 Å². The zero-order chi connectivity index (χ0) is 14.0. The minimum Gasteiger partial charge on any atom is -0.399 e. The lowest BCUT2D eigenvalue weighted by atomic mass is 10.2. The lowest BCUT2D eigenvalue weighted by Gasteiger charge is -2.09. The van der Waals surface area contributed by atoms with Crippen LogP contribution in [0, 0.1) is 12.7 Å². The summed E-state index contributed by atoms with van der Waals surface area (Å²) >= 11 is 0. The first kappa shape index (κ1) is 13.4. The second-order valence-corrected chi connectivity index (χ2v) is 5.82. The summed E-state index contributed by atoms with van der Waals surface area (Å²) in [6.07, 6.45) is 0. The van der Waals surface area contributed by atoms with Crippen molar-refractivity contribution >= 4 is 21.4 Å². The first-order valence-electron chi connectivity index (χ1n) is 5.53. The van der Waals surface area contributed by atoms with E-state index in [4.69, 9.17) is 5.73 Å². The summed E-state index contributed by atoms with van der Waals surface area (Å²) in [7, 11) is -3.76. The highest BCUT2D eigenvalue weighted by molar-refractivity contribution is 7.92. The highest BCUT2D eigenvalue weighted by Gasteiger charge is 2.14. The van der Waals surface area contributed by atoms with Gasteiger partial charge in [0.2, 0.25) is 0 Å². The van der Waals surface area contributed by atoms with Gasteiger partial charge in [0.1, 0.15) is 5.82 Å². The third-order valence-corrected chi connectivity index (χ3v) is 3.97. The number of hydrogen-bond donors (Lipinski definition) is 2. The molecule has 0 saturated carbocycles. The van der Waals surface area contributed by atoms with Gasteiger partial charge in [-0.25, -0.2) is 12.8 Å². The van der Waals surface area contributed by atoms with E-state index in [0.29, 0.717) is 11.3 Å². The quantitative estimate of drug-likeness (QED) is 0.848. The maximum Gasteiger partial charge on any atom is 0.261 e. The van der Waals surface area contributed by atoms with Crippen LogP contribution in [-0.2, 0) is 10.0 Å². The van der Waals surface area contributed by atoms with Gasteiger partial charge < -0.3 is 5.73 Å². The van der Waals surface area contributed by atoms with E-state index < -0.39 is 15.8 Å². The molecule has 0 spiro atoms. The van der Waals surface area contributed by atoms with Crippen LogP contribution >= 0.6 is 0 Å². The molecule has 2 aromatic rings. The molecule has 0 fully saturated rings. The van der Waals surface area contributed by atoms with Crippen molar-refractivity contribution in [3.05, 3.63) is 53.8 Å². The molecule has 3 N–H and O–H groups in total. The van der Waals surface area contributed by atoms with Crippen LogP contribution < -0.4 is 10.5 Å². The Bertz CT molecular complexity index is 714. The van der Waals surface area contributed by atoms with Gasteiger partial charge in [0, 0.05) is 5.69 Å². The predicted octanol–water partition coefficient (Wildman–Crippen LogP) is 2.52. The van der Waals surface area contributed by atoms with E-state index in [1.165, 1.54) is 24.3 Å². The van der Waals surface area contributed by atoms with Crippen LogP contribution in [0.1, 0.15) is 5.56 Å². The Balaban J connectivity index is 2.33. The normalized spacial score (nSPS) is 11.3. The molecule has 0 bridgehead atoms. The summed E-state index contributed by atoms with van der Waals surface area (Å²) in [5.74, 6) is -0.465. The van der Waals surface area contributed by atoms with Crippen LogP contribution in [0.4, 0.5) is 15.8 Å². The van der Waals surface area contributed by atoms with Gasteiger partial charge in [-0.3, -0.25) is 4.72 Å². The fourth-order valence-corrected chi connectivity index (χ4v) is 2.66. The minimum atomic E-state index is -3.76. The summed E-state index contributed by atoms with van der Waals surface area (Å²) < 4.78 is 39.8. The number of nitrogens with one attached hydrogen (secondary N) is 1. The molecule has 2 aromatic carbocycles. The van der Waals surface area contributed by atoms with Gasteiger partial charge in [0.15, 0.2) is 0 Å². The Morgan fingerprint density at radius 2 is 1.89 bits per heavy atom. The molecule has 6 heteroatoms. The monoisotopic (exact) mass is 280 g/mol. The average Bonchev–Trinajstić information content (AvgIpc) is 2.33. The predicted molar refractivity (Wildman–Crippen MR) is 72.8 cm³/mol. The molecule has 0 aliphatic heterocycles. The van der Waals surface area contributed by atoms with Gasteiger partial charge in [-0.05, 0) is 42.8 Å². The third kappa shape index (κ3) is 3.03. The maximum absolute atomic E-state index is 13.4. The maximum atomic E-state index is 13.4. The van der Waals surface area contributed by atoms with E-state index in [1.807, 2.05) is 0 Å². The van der Waals surface area contributed by atoms with Crippen molar-refractivity contribution in [2.24, 2.45) is 0 Å². The van der Waals surface area contributed by atoms with Crippen molar-refractivity contribution in [2.75, 3.05) is 10.5 Å². The Hall–Kier alpha value is -2.08. The molecule has 0 aliphatic rings. The Morgan fingerprint density at radius 3 is 2.53 bits per heavy atom. The van der Waals surface area contributed by atoms with Crippen molar-refractivity contribution < 1.29 is 12.8 Å². The van der Waals surface area contributed by atoms with Crippen LogP contribution in [0.5, 0.6) is 0 Å². The molecule has 0 aliphatic carbocycles. The van der Waals surface area contributed by atoms with E-state index in [2.05, 4.69) is 4.72 Å². The molecule has 0 radical (unpaired) electrons. The van der Waals surface area contributed by atoms with E-state index in [-0.39, 0.29) is 10.6 Å². The largest absolute Gasteiger partial charge is 0.399 e. The number of halogens is 1. The van der Waals surface area contributed by atoms with E-state index in [1.54, 1.807) is 19.1 Å². The van der Waals surface area contributed by atoms with Crippen molar-refractivity contribution in [3.8, 4) is 0 Å². The van der Waals surface area contributed by atoms with Crippen molar-refractivity contribution in [3.63, 3.8) is 0 Å². The average molecular weight is 280 g/mol. The van der Waals surface area contributed by atoms with Crippen molar-refractivity contribution in [1.29, 1.82) is 0 Å². The van der Waals surface area contributed by atoms with Crippen molar-refractivity contribution in [2.45, 2.75) is 11.8 Å². The standard InChI is InChI=1S/C13H13FN2O2S/c1-9-5-6-11(8-13(9)14)16-19(17,18)12-4-2-3-10(15)7-12/h2-8,16H,15H2,1H3. The number of anilines is 2. The lowest BCUT2D eigenvalue weighted by molar-refractivity contribution is 0.601. The van der Waals surface area contributed by atoms with Crippen molar-refractivity contribution in [1.82, 2.24) is 0 Å². The van der Waals surface area contributed by atoms with Gasteiger partial charge in [-0.15, -0.1) is 0 Å². The number of nitrogen functional groups attached to an aromatic ring is 1. The molecule has 19 heavy (non-hydrogen) atoms. The van der Waals surface area contributed by atoms with Crippen LogP contribution in [0.3, 0.4) is 0 Å². The molecule has 0 atom stereocenters. The fraction of sp³-hybridized carbons (Fsp3) is 0.0769. The van der Waals surface area contributed by atoms with E-state index >= 15 is 0 Å². The highest BCUT2D eigenvalue weighted by Crippen LogP contribution is 2.19. The van der Waals surface area contributed by atoms with Gasteiger partial charge in [0.05, 0.1) is 10.6 Å². The second-order valence-electron chi connectivity index (χ2n) is 4.14. The molecule has 100 valence electrons. The SMILES string of the molecule is Cc1ccc(NS(=O)(=O)c2cccc(N)c2)cc1F. The minimum absolute atomic E-state index is 0.0356. The number of hydrogen-bond acceptors (Lipinski definition) is 3. The number of aryl methyl sites for hydroxylation is 1. The number of sulfonamides is 1. The zero-order valence-corrected chi connectivity index (χ0v) is 11.0. The van der Waals surface area contributed by atoms with Crippen LogP contribution in [-0.4, -0.2) is 8.42 Å². The molecule has 0 aromatic heterocycles. The summed E-state index contributed by atoms with van der Waals surface area (Å²) in [5.41, 5.74) is 6.51. The molecule has 0 heterocycles. The topological polar surface area (TPSA) is 72.2 Å². The molecule has 0 saturated heterocycles. The first-order chi connectivity index (χ1) is 8.88. The lowest BCUT2D eigenvalue weighted by Crippen LogP contribution is -2.13. The Morgan fingerprint density at radius 1 is 1.16 bits per heavy atom. The van der Waals surface area contributed by atoms with Gasteiger partial charge in [0.25, 0.3) is 10.0 Å². The smallest absolute Gasteiger partial charge is 0.261 e. The number of nitrogens with two attached hydrogens (primary N) is 1. The van der Waals surface area contributed by atoms with Crippen LogP contribution in [0.15, 0.2) is 47.4 Å². The highest BCUT2D eigenvalue weighted by atomic mass is 32.2. The summed E-state index contributed by atoms with van der Waals surface area (Å²) in [6, 6.07) is 10.0. The van der Waals surface area contributed by atoms with Crippen LogP contribution in [0.25, 0.3) is 0 Å². The second kappa shape index (κ2) is 4.89.